The van der Waals surface area contributed by atoms with Gasteiger partial charge in [0.1, 0.15) is 18.1 Å². The zero-order valence-electron chi connectivity index (χ0n) is 19.3. The highest BCUT2D eigenvalue weighted by Gasteiger charge is 2.28. The van der Waals surface area contributed by atoms with Gasteiger partial charge in [-0.25, -0.2) is 4.98 Å². The number of carbonyl (C=O) groups excluding carboxylic acids is 1. The van der Waals surface area contributed by atoms with Gasteiger partial charge in [-0.15, -0.1) is 5.10 Å². The van der Waals surface area contributed by atoms with Crippen molar-refractivity contribution in [2.24, 2.45) is 13.0 Å². The molecule has 1 aliphatic rings. The zero-order chi connectivity index (χ0) is 24.1. The Labute approximate surface area is 197 Å². The summed E-state index contributed by atoms with van der Waals surface area (Å²) in [5, 5.41) is 17.6. The minimum atomic E-state index is -0.768. The number of hydrogen-bond acceptors (Lipinski definition) is 7. The molecule has 0 spiro atoms. The number of aryl methyl sites for hydroxylation is 2. The van der Waals surface area contributed by atoms with Gasteiger partial charge in [-0.1, -0.05) is 35.5 Å². The number of benzene rings is 1. The molecule has 0 amide bonds. The number of hydrogen-bond donors (Lipinski definition) is 1. The van der Waals surface area contributed by atoms with Crippen molar-refractivity contribution >= 4 is 11.9 Å². The SMILES string of the molecule is Cc1nc(-c2nnn(C)c2CC(=O)OCc2ccccc2)ccc1O[C@H]1CCC[C@H](C(=O)O)C1. The van der Waals surface area contributed by atoms with Gasteiger partial charge < -0.3 is 14.6 Å². The minimum Gasteiger partial charge on any atom is -0.489 e. The van der Waals surface area contributed by atoms with Crippen molar-refractivity contribution in [2.75, 3.05) is 0 Å². The molecule has 3 aromatic rings. The lowest BCUT2D eigenvalue weighted by Gasteiger charge is -2.27. The Morgan fingerprint density at radius 3 is 2.68 bits per heavy atom. The highest BCUT2D eigenvalue weighted by molar-refractivity contribution is 5.75. The Bertz CT molecular complexity index is 1160. The summed E-state index contributed by atoms with van der Waals surface area (Å²) in [5.74, 6) is -0.893. The second-order valence-corrected chi connectivity index (χ2v) is 8.55. The molecule has 1 aliphatic carbocycles. The van der Waals surface area contributed by atoms with Crippen molar-refractivity contribution < 1.29 is 24.2 Å². The van der Waals surface area contributed by atoms with Gasteiger partial charge in [-0.05, 0) is 50.3 Å². The molecule has 1 N–H and O–H groups in total. The molecule has 1 fully saturated rings. The molecule has 0 aliphatic heterocycles. The Morgan fingerprint density at radius 1 is 1.15 bits per heavy atom. The first kappa shape index (κ1) is 23.4. The second-order valence-electron chi connectivity index (χ2n) is 8.55. The van der Waals surface area contributed by atoms with Crippen molar-refractivity contribution in [3.05, 3.63) is 59.4 Å². The number of carboxylic acids is 1. The van der Waals surface area contributed by atoms with E-state index in [0.29, 0.717) is 41.4 Å². The maximum atomic E-state index is 12.5. The number of ether oxygens (including phenoxy) is 2. The van der Waals surface area contributed by atoms with Crippen LogP contribution in [0.1, 0.15) is 42.6 Å². The third-order valence-electron chi connectivity index (χ3n) is 6.05. The van der Waals surface area contributed by atoms with E-state index in [-0.39, 0.29) is 31.0 Å². The first-order valence-corrected chi connectivity index (χ1v) is 11.4. The Balaban J connectivity index is 1.44. The first-order valence-electron chi connectivity index (χ1n) is 11.4. The Morgan fingerprint density at radius 2 is 1.94 bits per heavy atom. The van der Waals surface area contributed by atoms with E-state index in [1.54, 1.807) is 17.8 Å². The summed E-state index contributed by atoms with van der Waals surface area (Å²) in [6, 6.07) is 13.1. The highest BCUT2D eigenvalue weighted by Crippen LogP contribution is 2.30. The largest absolute Gasteiger partial charge is 0.489 e. The molecular formula is C25H28N4O5. The summed E-state index contributed by atoms with van der Waals surface area (Å²) in [6.07, 6.45) is 2.71. The summed E-state index contributed by atoms with van der Waals surface area (Å²) in [4.78, 5) is 28.4. The van der Waals surface area contributed by atoms with Crippen LogP contribution in [0.2, 0.25) is 0 Å². The summed E-state index contributed by atoms with van der Waals surface area (Å²) >= 11 is 0. The van der Waals surface area contributed by atoms with E-state index in [0.717, 1.165) is 18.4 Å². The van der Waals surface area contributed by atoms with E-state index in [1.165, 1.54) is 0 Å². The van der Waals surface area contributed by atoms with Crippen molar-refractivity contribution in [1.29, 1.82) is 0 Å². The third kappa shape index (κ3) is 5.59. The fourth-order valence-electron chi connectivity index (χ4n) is 4.16. The maximum absolute atomic E-state index is 12.5. The van der Waals surface area contributed by atoms with E-state index >= 15 is 0 Å². The number of nitrogens with zero attached hydrogens (tertiary/aromatic N) is 4. The average molecular weight is 465 g/mol. The van der Waals surface area contributed by atoms with E-state index in [2.05, 4.69) is 15.3 Å². The summed E-state index contributed by atoms with van der Waals surface area (Å²) in [6.45, 7) is 2.04. The monoisotopic (exact) mass is 464 g/mol. The van der Waals surface area contributed by atoms with Gasteiger partial charge in [-0.3, -0.25) is 14.3 Å². The van der Waals surface area contributed by atoms with Crippen molar-refractivity contribution in [2.45, 2.75) is 51.7 Å². The summed E-state index contributed by atoms with van der Waals surface area (Å²) < 4.78 is 13.1. The minimum absolute atomic E-state index is 0.0172. The second kappa shape index (κ2) is 10.5. The van der Waals surface area contributed by atoms with Gasteiger partial charge >= 0.3 is 11.9 Å². The molecule has 0 bridgehead atoms. The van der Waals surface area contributed by atoms with Crippen molar-refractivity contribution in [3.8, 4) is 17.1 Å². The quantitative estimate of drug-likeness (QED) is 0.504. The molecule has 0 saturated heterocycles. The number of aromatic nitrogens is 4. The Hall–Kier alpha value is -3.75. The van der Waals surface area contributed by atoms with Crippen LogP contribution in [0, 0.1) is 12.8 Å². The molecule has 4 rings (SSSR count). The smallest absolute Gasteiger partial charge is 0.312 e. The van der Waals surface area contributed by atoms with Gasteiger partial charge in [0.2, 0.25) is 0 Å². The third-order valence-corrected chi connectivity index (χ3v) is 6.05. The number of carbonyl (C=O) groups is 2. The van der Waals surface area contributed by atoms with Crippen molar-refractivity contribution in [3.63, 3.8) is 0 Å². The van der Waals surface area contributed by atoms with Crippen LogP contribution in [0.4, 0.5) is 0 Å². The van der Waals surface area contributed by atoms with E-state index < -0.39 is 5.97 Å². The highest BCUT2D eigenvalue weighted by atomic mass is 16.5. The number of rotatable bonds is 8. The molecule has 9 heteroatoms. The van der Waals surface area contributed by atoms with Crippen LogP contribution >= 0.6 is 0 Å². The topological polar surface area (TPSA) is 116 Å². The first-order chi connectivity index (χ1) is 16.4. The van der Waals surface area contributed by atoms with Gasteiger partial charge in [0.15, 0.2) is 0 Å². The predicted octanol–water partition coefficient (Wildman–Crippen LogP) is 3.49. The molecule has 178 valence electrons. The zero-order valence-corrected chi connectivity index (χ0v) is 19.3. The lowest BCUT2D eigenvalue weighted by atomic mass is 9.87. The van der Waals surface area contributed by atoms with Crippen LogP contribution in [-0.4, -0.2) is 43.1 Å². The molecular weight excluding hydrogens is 436 g/mol. The molecule has 34 heavy (non-hydrogen) atoms. The Kier molecular flexibility index (Phi) is 7.20. The van der Waals surface area contributed by atoms with Gasteiger partial charge in [0.05, 0.1) is 35.5 Å². The van der Waals surface area contributed by atoms with E-state index in [4.69, 9.17) is 9.47 Å². The van der Waals surface area contributed by atoms with Crippen LogP contribution in [0.3, 0.4) is 0 Å². The van der Waals surface area contributed by atoms with Crippen LogP contribution in [0.5, 0.6) is 5.75 Å². The molecule has 2 heterocycles. The lowest BCUT2D eigenvalue weighted by Crippen LogP contribution is -2.29. The fourth-order valence-corrected chi connectivity index (χ4v) is 4.16. The molecule has 1 saturated carbocycles. The normalized spacial score (nSPS) is 17.8. The number of aliphatic carboxylic acids is 1. The summed E-state index contributed by atoms with van der Waals surface area (Å²) in [5.41, 5.74) is 3.28. The van der Waals surface area contributed by atoms with Gasteiger partial charge in [0.25, 0.3) is 0 Å². The average Bonchev–Trinajstić information content (AvgIpc) is 3.19. The van der Waals surface area contributed by atoms with Crippen LogP contribution in [0.25, 0.3) is 11.4 Å². The van der Waals surface area contributed by atoms with Gasteiger partial charge in [0, 0.05) is 7.05 Å². The maximum Gasteiger partial charge on any atom is 0.312 e. The van der Waals surface area contributed by atoms with Gasteiger partial charge in [-0.2, -0.15) is 0 Å². The molecule has 0 radical (unpaired) electrons. The molecule has 0 unspecified atom stereocenters. The predicted molar refractivity (Wildman–Crippen MR) is 123 cm³/mol. The summed E-state index contributed by atoms with van der Waals surface area (Å²) in [7, 11) is 1.72. The van der Waals surface area contributed by atoms with Crippen molar-refractivity contribution in [1.82, 2.24) is 20.0 Å². The number of esters is 1. The molecule has 2 atom stereocenters. The molecule has 2 aromatic heterocycles. The molecule has 1 aromatic carbocycles. The van der Waals surface area contributed by atoms with E-state index in [1.807, 2.05) is 43.3 Å². The van der Waals surface area contributed by atoms with Crippen LogP contribution in [-0.2, 0) is 34.4 Å². The van der Waals surface area contributed by atoms with Crippen LogP contribution in [0.15, 0.2) is 42.5 Å². The number of pyridine rings is 1. The number of carboxylic acid groups (broad SMARTS) is 1. The fraction of sp³-hybridized carbons (Fsp3) is 0.400. The lowest BCUT2D eigenvalue weighted by molar-refractivity contribution is -0.145. The van der Waals surface area contributed by atoms with Crippen LogP contribution < -0.4 is 4.74 Å². The van der Waals surface area contributed by atoms with E-state index in [9.17, 15) is 14.7 Å². The standard InChI is InChI=1S/C25H28N4O5/c1-16-22(34-19-10-6-9-18(13-19)25(31)32)12-11-20(26-16)24-21(29(2)28-27-24)14-23(30)33-15-17-7-4-3-5-8-17/h3-5,7-8,11-12,18-19H,6,9-10,13-15H2,1-2H3,(H,31,32)/t18-,19-/m0/s1. The molecule has 9 nitrogen and oxygen atoms in total.